The zero-order valence-electron chi connectivity index (χ0n) is 14.7. The first-order valence-electron chi connectivity index (χ1n) is 8.04. The minimum Gasteiger partial charge on any atom is -0.394 e. The molecule has 2 aromatic rings. The van der Waals surface area contributed by atoms with Crippen molar-refractivity contribution in [1.29, 1.82) is 0 Å². The fourth-order valence-electron chi connectivity index (χ4n) is 2.90. The molecule has 1 unspecified atom stereocenters. The van der Waals surface area contributed by atoms with Crippen LogP contribution in [0, 0.1) is 12.3 Å². The van der Waals surface area contributed by atoms with Gasteiger partial charge in [0.15, 0.2) is 0 Å². The average molecular weight is 317 g/mol. The zero-order valence-corrected chi connectivity index (χ0v) is 14.7. The van der Waals surface area contributed by atoms with Gasteiger partial charge in [0.2, 0.25) is 5.91 Å². The number of aliphatic hydroxyl groups is 1. The highest BCUT2D eigenvalue weighted by Crippen LogP contribution is 2.24. The Labute approximate surface area is 137 Å². The molecule has 2 N–H and O–H groups in total. The minimum atomic E-state index is -0.187. The number of aromatic nitrogens is 2. The minimum absolute atomic E-state index is 0.0242. The third-order valence-electron chi connectivity index (χ3n) is 4.37. The van der Waals surface area contributed by atoms with Crippen LogP contribution in [0.5, 0.6) is 0 Å². The summed E-state index contributed by atoms with van der Waals surface area (Å²) in [5.74, 6) is 0.850. The predicted molar refractivity (Wildman–Crippen MR) is 92.3 cm³/mol. The molecule has 0 radical (unpaired) electrons. The highest BCUT2D eigenvalue weighted by atomic mass is 16.3. The summed E-state index contributed by atoms with van der Waals surface area (Å²) in [4.78, 5) is 21.9. The number of nitrogens with one attached hydrogen (secondary N) is 1. The number of amides is 1. The summed E-state index contributed by atoms with van der Waals surface area (Å²) < 4.78 is 0. The Hall–Kier alpha value is -1.88. The molecule has 0 fully saturated rings. The second-order valence-corrected chi connectivity index (χ2v) is 7.22. The molecule has 126 valence electrons. The molecule has 1 aromatic heterocycles. The van der Waals surface area contributed by atoms with Crippen LogP contribution in [0.4, 0.5) is 0 Å². The lowest BCUT2D eigenvalue weighted by Crippen LogP contribution is -2.47. The van der Waals surface area contributed by atoms with Crippen molar-refractivity contribution in [3.63, 3.8) is 0 Å². The van der Waals surface area contributed by atoms with Crippen LogP contribution in [-0.4, -0.2) is 45.6 Å². The third-order valence-corrected chi connectivity index (χ3v) is 4.37. The summed E-state index contributed by atoms with van der Waals surface area (Å²) in [5, 5.41) is 9.58. The van der Waals surface area contributed by atoms with E-state index in [1.54, 1.807) is 11.9 Å². The van der Waals surface area contributed by atoms with E-state index < -0.39 is 0 Å². The van der Waals surface area contributed by atoms with E-state index in [2.05, 4.69) is 9.97 Å². The maximum Gasteiger partial charge on any atom is 0.223 e. The fourth-order valence-corrected chi connectivity index (χ4v) is 2.90. The number of imidazole rings is 1. The SMILES string of the molecule is Cc1cccc2[nH]c(CCC(=O)N(C)C(CO)C(C)(C)C)nc12. The van der Waals surface area contributed by atoms with E-state index in [1.165, 1.54) is 0 Å². The van der Waals surface area contributed by atoms with Gasteiger partial charge in [0, 0.05) is 19.9 Å². The molecule has 0 spiro atoms. The van der Waals surface area contributed by atoms with Gasteiger partial charge < -0.3 is 15.0 Å². The molecule has 0 aliphatic rings. The lowest BCUT2D eigenvalue weighted by Gasteiger charge is -2.36. The molecule has 1 atom stereocenters. The van der Waals surface area contributed by atoms with Crippen LogP contribution in [0.3, 0.4) is 0 Å². The second kappa shape index (κ2) is 6.71. The number of benzene rings is 1. The van der Waals surface area contributed by atoms with E-state index in [0.717, 1.165) is 22.4 Å². The van der Waals surface area contributed by atoms with Crippen LogP contribution in [0.2, 0.25) is 0 Å². The van der Waals surface area contributed by atoms with Gasteiger partial charge in [0.05, 0.1) is 23.7 Å². The number of rotatable bonds is 5. The molecular weight excluding hydrogens is 290 g/mol. The summed E-state index contributed by atoms with van der Waals surface area (Å²) in [6.07, 6.45) is 0.946. The van der Waals surface area contributed by atoms with Gasteiger partial charge in [-0.1, -0.05) is 32.9 Å². The normalized spacial score (nSPS) is 13.3. The first-order chi connectivity index (χ1) is 10.7. The number of carbonyl (C=O) groups is 1. The lowest BCUT2D eigenvalue weighted by atomic mass is 9.86. The van der Waals surface area contributed by atoms with Crippen molar-refractivity contribution in [3.05, 3.63) is 29.6 Å². The van der Waals surface area contributed by atoms with Crippen LogP contribution in [-0.2, 0) is 11.2 Å². The predicted octanol–water partition coefficient (Wildman–Crippen LogP) is 2.67. The molecule has 0 bridgehead atoms. The number of H-pyrrole nitrogens is 1. The number of carbonyl (C=O) groups excluding carboxylic acids is 1. The Morgan fingerprint density at radius 1 is 1.39 bits per heavy atom. The number of aryl methyl sites for hydroxylation is 2. The molecule has 1 amide bonds. The van der Waals surface area contributed by atoms with Gasteiger partial charge in [-0.3, -0.25) is 4.79 Å². The molecule has 5 heteroatoms. The summed E-state index contributed by atoms with van der Waals surface area (Å²) >= 11 is 0. The average Bonchev–Trinajstić information content (AvgIpc) is 2.88. The Balaban J connectivity index is 2.04. The highest BCUT2D eigenvalue weighted by Gasteiger charge is 2.30. The van der Waals surface area contributed by atoms with E-state index in [9.17, 15) is 9.90 Å². The first kappa shape index (κ1) is 17.5. The molecule has 0 saturated carbocycles. The largest absolute Gasteiger partial charge is 0.394 e. The van der Waals surface area contributed by atoms with Crippen molar-refractivity contribution in [2.45, 2.75) is 46.6 Å². The summed E-state index contributed by atoms with van der Waals surface area (Å²) in [5.41, 5.74) is 2.94. The van der Waals surface area contributed by atoms with Crippen LogP contribution >= 0.6 is 0 Å². The van der Waals surface area contributed by atoms with Crippen molar-refractivity contribution >= 4 is 16.9 Å². The fraction of sp³-hybridized carbons (Fsp3) is 0.556. The number of hydrogen-bond acceptors (Lipinski definition) is 3. The number of nitrogens with zero attached hydrogens (tertiary/aromatic N) is 2. The van der Waals surface area contributed by atoms with Crippen LogP contribution in [0.15, 0.2) is 18.2 Å². The molecule has 23 heavy (non-hydrogen) atoms. The number of hydrogen-bond donors (Lipinski definition) is 2. The van der Waals surface area contributed by atoms with Gasteiger partial charge in [0.1, 0.15) is 5.82 Å². The third kappa shape index (κ3) is 3.91. The van der Waals surface area contributed by atoms with Gasteiger partial charge >= 0.3 is 0 Å². The molecule has 0 aliphatic heterocycles. The van der Waals surface area contributed by atoms with Crippen molar-refractivity contribution in [1.82, 2.24) is 14.9 Å². The molecule has 1 aromatic carbocycles. The Bertz CT molecular complexity index is 685. The Morgan fingerprint density at radius 3 is 2.65 bits per heavy atom. The van der Waals surface area contributed by atoms with E-state index >= 15 is 0 Å². The topological polar surface area (TPSA) is 69.2 Å². The smallest absolute Gasteiger partial charge is 0.223 e. The van der Waals surface area contributed by atoms with Gasteiger partial charge in [-0.2, -0.15) is 0 Å². The van der Waals surface area contributed by atoms with Gasteiger partial charge in [-0.15, -0.1) is 0 Å². The summed E-state index contributed by atoms with van der Waals surface area (Å²) in [6, 6.07) is 5.83. The summed E-state index contributed by atoms with van der Waals surface area (Å²) in [7, 11) is 1.76. The van der Waals surface area contributed by atoms with Gasteiger partial charge in [-0.25, -0.2) is 4.98 Å². The van der Waals surface area contributed by atoms with Crippen LogP contribution in [0.1, 0.15) is 38.6 Å². The lowest BCUT2D eigenvalue weighted by molar-refractivity contribution is -0.135. The number of aromatic amines is 1. The van der Waals surface area contributed by atoms with Crippen molar-refractivity contribution < 1.29 is 9.90 Å². The first-order valence-corrected chi connectivity index (χ1v) is 8.04. The second-order valence-electron chi connectivity index (χ2n) is 7.22. The number of para-hydroxylation sites is 1. The van der Waals surface area contributed by atoms with Gasteiger partial charge in [0.25, 0.3) is 0 Å². The number of aliphatic hydroxyl groups excluding tert-OH is 1. The van der Waals surface area contributed by atoms with E-state index in [0.29, 0.717) is 12.8 Å². The Kier molecular flexibility index (Phi) is 5.09. The highest BCUT2D eigenvalue weighted by molar-refractivity contribution is 5.79. The number of fused-ring (bicyclic) bond motifs is 1. The monoisotopic (exact) mass is 317 g/mol. The van der Waals surface area contributed by atoms with E-state index in [4.69, 9.17) is 0 Å². The van der Waals surface area contributed by atoms with E-state index in [-0.39, 0.29) is 24.0 Å². The van der Waals surface area contributed by atoms with Crippen molar-refractivity contribution in [2.75, 3.05) is 13.7 Å². The molecule has 0 aliphatic carbocycles. The zero-order chi connectivity index (χ0) is 17.2. The van der Waals surface area contributed by atoms with Crippen molar-refractivity contribution in [2.24, 2.45) is 5.41 Å². The van der Waals surface area contributed by atoms with Crippen LogP contribution < -0.4 is 0 Å². The molecular formula is C18H27N3O2. The molecule has 0 saturated heterocycles. The quantitative estimate of drug-likeness (QED) is 0.891. The maximum atomic E-state index is 12.4. The molecule has 1 heterocycles. The molecule has 2 rings (SSSR count). The van der Waals surface area contributed by atoms with Crippen LogP contribution in [0.25, 0.3) is 11.0 Å². The number of likely N-dealkylation sites (N-methyl/N-ethyl adjacent to an activating group) is 1. The standard InChI is InChI=1S/C18H27N3O2/c1-12-7-6-8-13-17(12)20-15(19-13)9-10-16(23)21(5)14(11-22)18(2,3)4/h6-8,14,22H,9-11H2,1-5H3,(H,19,20). The Morgan fingerprint density at radius 2 is 2.09 bits per heavy atom. The molecule has 5 nitrogen and oxygen atoms in total. The van der Waals surface area contributed by atoms with Crippen molar-refractivity contribution in [3.8, 4) is 0 Å². The summed E-state index contributed by atoms with van der Waals surface area (Å²) in [6.45, 7) is 8.08. The van der Waals surface area contributed by atoms with E-state index in [1.807, 2.05) is 45.9 Å². The maximum absolute atomic E-state index is 12.4. The van der Waals surface area contributed by atoms with Gasteiger partial charge in [-0.05, 0) is 24.0 Å².